The molecule has 0 aliphatic heterocycles. The molecule has 0 aliphatic rings. The van der Waals surface area contributed by atoms with Crippen LogP contribution in [0.15, 0.2) is 127 Å². The second kappa shape index (κ2) is 11.2. The maximum Gasteiger partial charge on any atom is 0.180 e. The molecule has 0 atom stereocenters. The lowest BCUT2D eigenvalue weighted by Crippen LogP contribution is -1.98. The molecule has 0 N–H and O–H groups in total. The number of para-hydroxylation sites is 1. The van der Waals surface area contributed by atoms with Crippen molar-refractivity contribution in [1.82, 2.24) is 15.0 Å². The van der Waals surface area contributed by atoms with Crippen LogP contribution < -0.4 is 0 Å². The number of hydrogen-bond acceptors (Lipinski definition) is 5. The van der Waals surface area contributed by atoms with E-state index in [2.05, 4.69) is 141 Å². The smallest absolute Gasteiger partial charge is 0.180 e. The molecule has 5 heteroatoms. The van der Waals surface area contributed by atoms with Gasteiger partial charge in [-0.15, -0.1) is 22.7 Å². The minimum Gasteiger partial charge on any atom is -0.244 e. The molecule has 0 saturated carbocycles. The van der Waals surface area contributed by atoms with Gasteiger partial charge in [0.1, 0.15) is 5.69 Å². The van der Waals surface area contributed by atoms with Crippen molar-refractivity contribution in [2.24, 2.45) is 0 Å². The van der Waals surface area contributed by atoms with Crippen LogP contribution in [0.3, 0.4) is 0 Å². The fourth-order valence-electron chi connectivity index (χ4n) is 6.82. The highest BCUT2D eigenvalue weighted by atomic mass is 32.1. The van der Waals surface area contributed by atoms with Crippen molar-refractivity contribution in [2.75, 3.05) is 0 Å². The molecule has 47 heavy (non-hydrogen) atoms. The lowest BCUT2D eigenvalue weighted by molar-refractivity contribution is 1.21. The van der Waals surface area contributed by atoms with Crippen LogP contribution in [0.25, 0.3) is 90.5 Å². The second-order valence-corrected chi connectivity index (χ2v) is 13.9. The van der Waals surface area contributed by atoms with Crippen LogP contribution in [-0.2, 0) is 0 Å². The van der Waals surface area contributed by atoms with E-state index in [4.69, 9.17) is 15.0 Å². The molecule has 3 nitrogen and oxygen atoms in total. The van der Waals surface area contributed by atoms with Crippen LogP contribution in [0.2, 0.25) is 0 Å². The van der Waals surface area contributed by atoms with Crippen molar-refractivity contribution in [2.45, 2.75) is 20.3 Å². The minimum atomic E-state index is 0.652. The largest absolute Gasteiger partial charge is 0.244 e. The van der Waals surface area contributed by atoms with Gasteiger partial charge in [-0.25, -0.2) is 15.0 Å². The molecular weight excluding hydrogens is 611 g/mol. The fourth-order valence-corrected chi connectivity index (χ4v) is 9.09. The number of rotatable bonds is 5. The lowest BCUT2D eigenvalue weighted by Gasteiger charge is -2.13. The van der Waals surface area contributed by atoms with Crippen molar-refractivity contribution in [3.8, 4) is 22.8 Å². The summed E-state index contributed by atoms with van der Waals surface area (Å²) >= 11 is 3.59. The number of pyridine rings is 1. The summed E-state index contributed by atoms with van der Waals surface area (Å²) in [6.07, 6.45) is 7.53. The van der Waals surface area contributed by atoms with E-state index in [-0.39, 0.29) is 0 Å². The van der Waals surface area contributed by atoms with Gasteiger partial charge in [0, 0.05) is 46.6 Å². The summed E-state index contributed by atoms with van der Waals surface area (Å²) in [5.74, 6) is 0.652. The highest BCUT2D eigenvalue weighted by Gasteiger charge is 2.22. The predicted octanol–water partition coefficient (Wildman–Crippen LogP) is 12.6. The maximum atomic E-state index is 5.42. The summed E-state index contributed by atoms with van der Waals surface area (Å²) in [6.45, 7) is 4.24. The number of thiophene rings is 2. The number of nitrogens with zero attached hydrogens (tertiary/aromatic N) is 3. The molecule has 0 spiro atoms. The molecule has 0 radical (unpaired) electrons. The Kier molecular flexibility index (Phi) is 6.70. The summed E-state index contributed by atoms with van der Waals surface area (Å²) in [5.41, 5.74) is 7.18. The first kappa shape index (κ1) is 28.0. The van der Waals surface area contributed by atoms with E-state index >= 15 is 0 Å². The first-order chi connectivity index (χ1) is 23.2. The van der Waals surface area contributed by atoms with Crippen molar-refractivity contribution in [1.29, 1.82) is 0 Å². The highest BCUT2D eigenvalue weighted by Crippen LogP contribution is 2.45. The SMILES string of the molecule is C/C=C\C(=C/CC)c1ccc(-c2nc(-c3nc4ccccc4c4ccc5sc6ccccc6c5c34)nc3c2sc2ccccc23)cc1. The molecule has 9 rings (SSSR count). The number of fused-ring (bicyclic) bond motifs is 10. The van der Waals surface area contributed by atoms with Crippen LogP contribution in [0.4, 0.5) is 0 Å². The number of hydrogen-bond donors (Lipinski definition) is 0. The van der Waals surface area contributed by atoms with Gasteiger partial charge in [-0.05, 0) is 54.1 Å². The van der Waals surface area contributed by atoms with E-state index in [1.807, 2.05) is 11.3 Å². The summed E-state index contributed by atoms with van der Waals surface area (Å²) < 4.78 is 4.81. The Morgan fingerprint density at radius 3 is 2.13 bits per heavy atom. The maximum absolute atomic E-state index is 5.42. The molecule has 4 heterocycles. The molecule has 5 aromatic carbocycles. The second-order valence-electron chi connectivity index (χ2n) is 11.8. The standard InChI is InChI=1S/C42H29N3S2/c1-3-11-25(12-4-2)26-19-21-27(22-20-26)38-41-39(31-15-7-10-18-34(31)47-41)45-42(44-38)40-37-29(28-13-5-8-16-32(28)43-40)23-24-35-36(37)30-14-6-9-17-33(30)46-35/h3,5-24H,4H2,1-2H3/b11-3-,25-12+. The average Bonchev–Trinajstić information content (AvgIpc) is 3.69. The first-order valence-corrected chi connectivity index (χ1v) is 17.6. The molecule has 0 aliphatic carbocycles. The molecule has 0 unspecified atom stereocenters. The van der Waals surface area contributed by atoms with E-state index in [0.717, 1.165) is 55.3 Å². The third-order valence-corrected chi connectivity index (χ3v) is 11.2. The van der Waals surface area contributed by atoms with Crippen molar-refractivity contribution < 1.29 is 0 Å². The van der Waals surface area contributed by atoms with Gasteiger partial charge in [-0.2, -0.15) is 0 Å². The Bertz CT molecular complexity index is 2730. The topological polar surface area (TPSA) is 38.7 Å². The number of benzene rings is 5. The van der Waals surface area contributed by atoms with Crippen LogP contribution in [-0.4, -0.2) is 15.0 Å². The molecule has 0 fully saturated rings. The summed E-state index contributed by atoms with van der Waals surface area (Å²) in [6, 6.07) is 39.0. The van der Waals surface area contributed by atoms with Gasteiger partial charge in [-0.1, -0.05) is 110 Å². The number of allylic oxidation sites excluding steroid dienone is 4. The van der Waals surface area contributed by atoms with E-state index in [0.29, 0.717) is 5.82 Å². The monoisotopic (exact) mass is 639 g/mol. The van der Waals surface area contributed by atoms with Crippen molar-refractivity contribution >= 4 is 90.4 Å². The van der Waals surface area contributed by atoms with Crippen LogP contribution in [0, 0.1) is 0 Å². The van der Waals surface area contributed by atoms with Gasteiger partial charge < -0.3 is 0 Å². The Labute approximate surface area is 280 Å². The Hall–Kier alpha value is -5.23. The van der Waals surface area contributed by atoms with E-state index in [9.17, 15) is 0 Å². The zero-order chi connectivity index (χ0) is 31.5. The Morgan fingerprint density at radius 1 is 0.617 bits per heavy atom. The fraction of sp³-hybridized carbons (Fsp3) is 0.0714. The zero-order valence-electron chi connectivity index (χ0n) is 26.0. The van der Waals surface area contributed by atoms with E-state index in [1.54, 1.807) is 11.3 Å². The average molecular weight is 640 g/mol. The van der Waals surface area contributed by atoms with Gasteiger partial charge in [-0.3, -0.25) is 0 Å². The highest BCUT2D eigenvalue weighted by molar-refractivity contribution is 7.26. The molecule has 224 valence electrons. The normalized spacial score (nSPS) is 12.6. The predicted molar refractivity (Wildman–Crippen MR) is 205 cm³/mol. The van der Waals surface area contributed by atoms with Gasteiger partial charge >= 0.3 is 0 Å². The molecule has 0 amide bonds. The van der Waals surface area contributed by atoms with Crippen LogP contribution >= 0.6 is 22.7 Å². The Morgan fingerprint density at radius 2 is 1.34 bits per heavy atom. The third-order valence-electron chi connectivity index (χ3n) is 8.90. The van der Waals surface area contributed by atoms with E-state index < -0.39 is 0 Å². The molecule has 4 aromatic heterocycles. The molecule has 0 bridgehead atoms. The van der Waals surface area contributed by atoms with Gasteiger partial charge in [0.2, 0.25) is 0 Å². The van der Waals surface area contributed by atoms with Gasteiger partial charge in [0.15, 0.2) is 5.82 Å². The van der Waals surface area contributed by atoms with E-state index in [1.165, 1.54) is 41.4 Å². The molecular formula is C42H29N3S2. The minimum absolute atomic E-state index is 0.652. The van der Waals surface area contributed by atoms with Crippen LogP contribution in [0.1, 0.15) is 25.8 Å². The lowest BCUT2D eigenvalue weighted by atomic mass is 9.98. The van der Waals surface area contributed by atoms with Gasteiger partial charge in [0.05, 0.1) is 21.4 Å². The van der Waals surface area contributed by atoms with Gasteiger partial charge in [0.25, 0.3) is 0 Å². The third kappa shape index (κ3) is 4.49. The summed E-state index contributed by atoms with van der Waals surface area (Å²) in [4.78, 5) is 16.2. The van der Waals surface area contributed by atoms with Crippen molar-refractivity contribution in [3.05, 3.63) is 133 Å². The zero-order valence-corrected chi connectivity index (χ0v) is 27.6. The summed E-state index contributed by atoms with van der Waals surface area (Å²) in [7, 11) is 0. The Balaban J connectivity index is 1.38. The quantitative estimate of drug-likeness (QED) is 0.139. The molecule has 9 aromatic rings. The molecule has 0 saturated heterocycles. The first-order valence-electron chi connectivity index (χ1n) is 16.0. The van der Waals surface area contributed by atoms with Crippen molar-refractivity contribution in [3.63, 3.8) is 0 Å². The summed E-state index contributed by atoms with van der Waals surface area (Å²) in [5, 5.41) is 7.03. The number of aromatic nitrogens is 3. The van der Waals surface area contributed by atoms with Crippen LogP contribution in [0.5, 0.6) is 0 Å².